The van der Waals surface area contributed by atoms with Gasteiger partial charge in [0.05, 0.1) is 13.0 Å². The van der Waals surface area contributed by atoms with Crippen LogP contribution in [-0.4, -0.2) is 27.0 Å². The summed E-state index contributed by atoms with van der Waals surface area (Å²) in [6.45, 7) is 0.0915. The van der Waals surface area contributed by atoms with E-state index in [1.807, 2.05) is 0 Å². The molecule has 1 aromatic carbocycles. The largest absolute Gasteiger partial charge is 0.469 e. The lowest BCUT2D eigenvalue weighted by molar-refractivity contribution is -0.145. The van der Waals surface area contributed by atoms with E-state index in [-0.39, 0.29) is 30.4 Å². The summed E-state index contributed by atoms with van der Waals surface area (Å²) in [6, 6.07) is 4.36. The number of hydrogen-bond acceptors (Lipinski definition) is 4. The highest BCUT2D eigenvalue weighted by molar-refractivity contribution is 5.74. The summed E-state index contributed by atoms with van der Waals surface area (Å²) >= 11 is 0. The number of carbonyl (C=O) groups excluding carboxylic acids is 1. The fourth-order valence-electron chi connectivity index (χ4n) is 2.83. The quantitative estimate of drug-likeness (QED) is 0.615. The standard InChI is InChI=1S/C15H19FO4/c1-18-9-20-14-7-6-10(16)8-13(14)11-4-3-5-12(11)15(17)19-2/h6-8,11-12H,3-5,9H2,1-2H3/t11-,12+/m1/s1. The van der Waals surface area contributed by atoms with Gasteiger partial charge in [-0.05, 0) is 31.0 Å². The first-order chi connectivity index (χ1) is 9.67. The van der Waals surface area contributed by atoms with Gasteiger partial charge in [0, 0.05) is 18.6 Å². The van der Waals surface area contributed by atoms with Crippen molar-refractivity contribution in [2.45, 2.75) is 25.2 Å². The Labute approximate surface area is 117 Å². The van der Waals surface area contributed by atoms with Gasteiger partial charge in [0.2, 0.25) is 0 Å². The molecule has 0 unspecified atom stereocenters. The van der Waals surface area contributed by atoms with Gasteiger partial charge in [0.25, 0.3) is 0 Å². The van der Waals surface area contributed by atoms with Crippen LogP contribution in [0.1, 0.15) is 30.7 Å². The molecule has 1 fully saturated rings. The highest BCUT2D eigenvalue weighted by Crippen LogP contribution is 2.43. The number of methoxy groups -OCH3 is 2. The van der Waals surface area contributed by atoms with Crippen LogP contribution in [0.25, 0.3) is 0 Å². The zero-order valence-electron chi connectivity index (χ0n) is 11.7. The molecule has 2 atom stereocenters. The summed E-state index contributed by atoms with van der Waals surface area (Å²) in [5.41, 5.74) is 0.718. The molecule has 1 aliphatic rings. The molecular weight excluding hydrogens is 263 g/mol. The van der Waals surface area contributed by atoms with Gasteiger partial charge in [-0.1, -0.05) is 6.42 Å². The minimum Gasteiger partial charge on any atom is -0.469 e. The van der Waals surface area contributed by atoms with Crippen molar-refractivity contribution in [3.05, 3.63) is 29.6 Å². The minimum atomic E-state index is -0.333. The zero-order valence-corrected chi connectivity index (χ0v) is 11.7. The molecule has 0 amide bonds. The highest BCUT2D eigenvalue weighted by Gasteiger charge is 2.36. The molecule has 1 aromatic rings. The van der Waals surface area contributed by atoms with Gasteiger partial charge in [-0.3, -0.25) is 4.79 Å². The molecular formula is C15H19FO4. The minimum absolute atomic E-state index is 0.0648. The maximum atomic E-state index is 13.5. The average molecular weight is 282 g/mol. The molecule has 5 heteroatoms. The van der Waals surface area contributed by atoms with Gasteiger partial charge in [0.15, 0.2) is 6.79 Å². The van der Waals surface area contributed by atoms with Crippen molar-refractivity contribution in [1.82, 2.24) is 0 Å². The second kappa shape index (κ2) is 6.70. The second-order valence-corrected chi connectivity index (χ2v) is 4.90. The maximum absolute atomic E-state index is 13.5. The van der Waals surface area contributed by atoms with Crippen molar-refractivity contribution in [2.24, 2.45) is 5.92 Å². The Morgan fingerprint density at radius 3 is 2.85 bits per heavy atom. The van der Waals surface area contributed by atoms with Crippen molar-refractivity contribution < 1.29 is 23.4 Å². The number of rotatable bonds is 5. The lowest BCUT2D eigenvalue weighted by Gasteiger charge is -2.21. The third-order valence-electron chi connectivity index (χ3n) is 3.72. The van der Waals surface area contributed by atoms with E-state index < -0.39 is 0 Å². The lowest BCUT2D eigenvalue weighted by atomic mass is 9.88. The van der Waals surface area contributed by atoms with Crippen LogP contribution in [0.15, 0.2) is 18.2 Å². The Bertz CT molecular complexity index is 475. The first-order valence-electron chi connectivity index (χ1n) is 6.66. The molecule has 1 aliphatic carbocycles. The Morgan fingerprint density at radius 1 is 1.35 bits per heavy atom. The van der Waals surface area contributed by atoms with Gasteiger partial charge in [-0.2, -0.15) is 0 Å². The van der Waals surface area contributed by atoms with Gasteiger partial charge < -0.3 is 14.2 Å². The number of carbonyl (C=O) groups is 1. The maximum Gasteiger partial charge on any atom is 0.309 e. The molecule has 1 saturated carbocycles. The van der Waals surface area contributed by atoms with Crippen molar-refractivity contribution in [3.8, 4) is 5.75 Å². The van der Waals surface area contributed by atoms with Crippen LogP contribution in [0.4, 0.5) is 4.39 Å². The molecule has 0 spiro atoms. The highest BCUT2D eigenvalue weighted by atomic mass is 19.1. The molecule has 0 N–H and O–H groups in total. The summed E-state index contributed by atoms with van der Waals surface area (Å²) in [4.78, 5) is 11.8. The monoisotopic (exact) mass is 282 g/mol. The van der Waals surface area contributed by atoms with E-state index in [1.54, 1.807) is 6.07 Å². The van der Waals surface area contributed by atoms with Crippen molar-refractivity contribution in [2.75, 3.05) is 21.0 Å². The van der Waals surface area contributed by atoms with Crippen LogP contribution < -0.4 is 4.74 Å². The van der Waals surface area contributed by atoms with Gasteiger partial charge >= 0.3 is 5.97 Å². The van der Waals surface area contributed by atoms with Gasteiger partial charge in [-0.25, -0.2) is 4.39 Å². The predicted molar refractivity (Wildman–Crippen MR) is 71.0 cm³/mol. The number of hydrogen-bond donors (Lipinski definition) is 0. The van der Waals surface area contributed by atoms with Crippen molar-refractivity contribution in [3.63, 3.8) is 0 Å². The van der Waals surface area contributed by atoms with Crippen LogP contribution >= 0.6 is 0 Å². The number of ether oxygens (including phenoxy) is 3. The summed E-state index contributed by atoms with van der Waals surface area (Å²) in [6.07, 6.45) is 2.51. The van der Waals surface area contributed by atoms with Crippen LogP contribution in [0, 0.1) is 11.7 Å². The summed E-state index contributed by atoms with van der Waals surface area (Å²) < 4.78 is 28.7. The number of benzene rings is 1. The summed E-state index contributed by atoms with van der Waals surface area (Å²) in [5.74, 6) is -0.305. The molecule has 20 heavy (non-hydrogen) atoms. The van der Waals surface area contributed by atoms with Crippen LogP contribution in [-0.2, 0) is 14.3 Å². The van der Waals surface area contributed by atoms with Crippen molar-refractivity contribution in [1.29, 1.82) is 0 Å². The Morgan fingerprint density at radius 2 is 2.15 bits per heavy atom. The topological polar surface area (TPSA) is 44.8 Å². The van der Waals surface area contributed by atoms with E-state index in [0.29, 0.717) is 5.75 Å². The van der Waals surface area contributed by atoms with Crippen LogP contribution in [0.3, 0.4) is 0 Å². The molecule has 0 radical (unpaired) electrons. The smallest absolute Gasteiger partial charge is 0.309 e. The SMILES string of the molecule is COCOc1ccc(F)cc1[C@@H]1CCC[C@@H]1C(=O)OC. The molecule has 0 heterocycles. The molecule has 0 aromatic heterocycles. The number of esters is 1. The predicted octanol–water partition coefficient (Wildman–Crippen LogP) is 2.87. The fraction of sp³-hybridized carbons (Fsp3) is 0.533. The zero-order chi connectivity index (χ0) is 14.5. The van der Waals surface area contributed by atoms with E-state index in [9.17, 15) is 9.18 Å². The van der Waals surface area contributed by atoms with Gasteiger partial charge in [-0.15, -0.1) is 0 Å². The second-order valence-electron chi connectivity index (χ2n) is 4.90. The normalized spacial score (nSPS) is 21.8. The fourth-order valence-corrected chi connectivity index (χ4v) is 2.83. The third kappa shape index (κ3) is 3.10. The van der Waals surface area contributed by atoms with E-state index in [4.69, 9.17) is 14.2 Å². The van der Waals surface area contributed by atoms with Crippen LogP contribution in [0.2, 0.25) is 0 Å². The molecule has 0 bridgehead atoms. The summed E-state index contributed by atoms with van der Waals surface area (Å²) in [5, 5.41) is 0. The first kappa shape index (κ1) is 14.8. The van der Waals surface area contributed by atoms with E-state index in [2.05, 4.69) is 0 Å². The van der Waals surface area contributed by atoms with Crippen molar-refractivity contribution >= 4 is 5.97 Å². The first-order valence-corrected chi connectivity index (χ1v) is 6.66. The Kier molecular flexibility index (Phi) is 4.95. The summed E-state index contributed by atoms with van der Waals surface area (Å²) in [7, 11) is 2.90. The molecule has 4 nitrogen and oxygen atoms in total. The molecule has 0 aliphatic heterocycles. The molecule has 2 rings (SSSR count). The third-order valence-corrected chi connectivity index (χ3v) is 3.72. The van der Waals surface area contributed by atoms with E-state index in [0.717, 1.165) is 24.8 Å². The molecule has 0 saturated heterocycles. The van der Waals surface area contributed by atoms with Gasteiger partial charge in [0.1, 0.15) is 11.6 Å². The van der Waals surface area contributed by atoms with E-state index in [1.165, 1.54) is 26.4 Å². The lowest BCUT2D eigenvalue weighted by Crippen LogP contribution is -2.20. The average Bonchev–Trinajstić information content (AvgIpc) is 2.94. The Hall–Kier alpha value is -1.62. The van der Waals surface area contributed by atoms with E-state index >= 15 is 0 Å². The molecule has 110 valence electrons. The Balaban J connectivity index is 2.29. The van der Waals surface area contributed by atoms with Crippen LogP contribution in [0.5, 0.6) is 5.75 Å². The number of halogens is 1.